The molecule has 0 bridgehead atoms. The molecule has 1 N–H and O–H groups in total. The van der Waals surface area contributed by atoms with E-state index < -0.39 is 24.0 Å². The molecule has 0 radical (unpaired) electrons. The molecule has 116 valence electrons. The highest BCUT2D eigenvalue weighted by atomic mass is 79.9. The van der Waals surface area contributed by atoms with Gasteiger partial charge in [-0.15, -0.1) is 0 Å². The molecule has 0 spiro atoms. The van der Waals surface area contributed by atoms with Gasteiger partial charge in [0.2, 0.25) is 0 Å². The zero-order valence-electron chi connectivity index (χ0n) is 11.9. The zero-order chi connectivity index (χ0) is 16.1. The van der Waals surface area contributed by atoms with Crippen LogP contribution in [0.3, 0.4) is 0 Å². The minimum Gasteiger partial charge on any atom is -0.449 e. The van der Waals surface area contributed by atoms with E-state index in [1.807, 2.05) is 24.3 Å². The fourth-order valence-corrected chi connectivity index (χ4v) is 2.36. The smallest absolute Gasteiger partial charge is 0.331 e. The summed E-state index contributed by atoms with van der Waals surface area (Å²) in [5, 5.41) is 2.52. The van der Waals surface area contributed by atoms with Crippen molar-refractivity contribution in [3.05, 3.63) is 40.4 Å². The molecule has 3 amide bonds. The lowest BCUT2D eigenvalue weighted by Gasteiger charge is -2.17. The number of amides is 3. The number of hydrogen-bond donors (Lipinski definition) is 1. The van der Waals surface area contributed by atoms with Crippen molar-refractivity contribution in [3.8, 4) is 0 Å². The van der Waals surface area contributed by atoms with Gasteiger partial charge in [0.1, 0.15) is 0 Å². The Hall–Kier alpha value is -2.15. The first kappa shape index (κ1) is 16.2. The summed E-state index contributed by atoms with van der Waals surface area (Å²) in [5.74, 6) is -1.17. The fraction of sp³-hybridized carbons (Fsp3) is 0.267. The first-order valence-corrected chi connectivity index (χ1v) is 7.50. The van der Waals surface area contributed by atoms with Crippen LogP contribution in [-0.2, 0) is 14.3 Å². The van der Waals surface area contributed by atoms with Gasteiger partial charge in [-0.1, -0.05) is 28.1 Å². The molecule has 2 rings (SSSR count). The molecular formula is C15H15BrN2O4. The van der Waals surface area contributed by atoms with Crippen molar-refractivity contribution in [1.29, 1.82) is 0 Å². The summed E-state index contributed by atoms with van der Waals surface area (Å²) in [6.07, 6.45) is 1.83. The molecule has 1 heterocycles. The molecule has 0 unspecified atom stereocenters. The molecule has 1 aromatic carbocycles. The minimum absolute atomic E-state index is 0.285. The van der Waals surface area contributed by atoms with Crippen molar-refractivity contribution in [3.63, 3.8) is 0 Å². The zero-order valence-corrected chi connectivity index (χ0v) is 13.5. The first-order valence-electron chi connectivity index (χ1n) is 6.71. The Morgan fingerprint density at radius 3 is 2.86 bits per heavy atom. The average molecular weight is 367 g/mol. The van der Waals surface area contributed by atoms with Gasteiger partial charge in [0.15, 0.2) is 6.10 Å². The molecule has 0 aliphatic carbocycles. The van der Waals surface area contributed by atoms with Crippen molar-refractivity contribution in [1.82, 2.24) is 10.2 Å². The number of carbonyl (C=O) groups excluding carboxylic acids is 3. The quantitative estimate of drug-likeness (QED) is 0.652. The van der Waals surface area contributed by atoms with Crippen molar-refractivity contribution in [2.75, 3.05) is 13.1 Å². The van der Waals surface area contributed by atoms with E-state index in [0.29, 0.717) is 6.54 Å². The number of rotatable bonds is 4. The Balaban J connectivity index is 1.91. The van der Waals surface area contributed by atoms with Gasteiger partial charge < -0.3 is 10.1 Å². The summed E-state index contributed by atoms with van der Waals surface area (Å²) in [4.78, 5) is 36.1. The van der Waals surface area contributed by atoms with Gasteiger partial charge in [0.25, 0.3) is 5.91 Å². The third kappa shape index (κ3) is 4.17. The summed E-state index contributed by atoms with van der Waals surface area (Å²) < 4.78 is 5.91. The van der Waals surface area contributed by atoms with Gasteiger partial charge in [0.05, 0.1) is 0 Å². The standard InChI is InChI=1S/C15H15BrN2O4/c1-10(14(20)18-8-7-17-15(18)21)22-13(19)6-5-11-3-2-4-12(16)9-11/h2-6,9-10H,7-8H2,1H3,(H,17,21)/b6-5+/t10-/m1/s1. The van der Waals surface area contributed by atoms with Crippen molar-refractivity contribution in [2.45, 2.75) is 13.0 Å². The minimum atomic E-state index is -1.01. The van der Waals surface area contributed by atoms with Crippen LogP contribution in [0, 0.1) is 0 Å². The molecule has 7 heteroatoms. The van der Waals surface area contributed by atoms with Gasteiger partial charge >= 0.3 is 12.0 Å². The van der Waals surface area contributed by atoms with Crippen LogP contribution in [-0.4, -0.2) is 42.0 Å². The Bertz CT molecular complexity index is 630. The predicted molar refractivity (Wildman–Crippen MR) is 83.8 cm³/mol. The number of halogens is 1. The summed E-state index contributed by atoms with van der Waals surface area (Å²) >= 11 is 3.33. The summed E-state index contributed by atoms with van der Waals surface area (Å²) in [6.45, 7) is 2.14. The number of urea groups is 1. The Kier molecular flexibility index (Phi) is 5.32. The summed E-state index contributed by atoms with van der Waals surface area (Å²) in [7, 11) is 0. The summed E-state index contributed by atoms with van der Waals surface area (Å²) in [5.41, 5.74) is 0.823. The monoisotopic (exact) mass is 366 g/mol. The highest BCUT2D eigenvalue weighted by Crippen LogP contribution is 2.13. The second-order valence-electron chi connectivity index (χ2n) is 4.69. The molecular weight excluding hydrogens is 352 g/mol. The Morgan fingerprint density at radius 2 is 2.23 bits per heavy atom. The third-order valence-electron chi connectivity index (χ3n) is 3.02. The van der Waals surface area contributed by atoms with Gasteiger partial charge in [-0.3, -0.25) is 9.69 Å². The van der Waals surface area contributed by atoms with E-state index >= 15 is 0 Å². The van der Waals surface area contributed by atoms with Crippen molar-refractivity contribution in [2.24, 2.45) is 0 Å². The van der Waals surface area contributed by atoms with Crippen LogP contribution in [0.4, 0.5) is 4.79 Å². The highest BCUT2D eigenvalue weighted by molar-refractivity contribution is 9.10. The van der Waals surface area contributed by atoms with Crippen LogP contribution in [0.25, 0.3) is 6.08 Å². The number of imide groups is 1. The second kappa shape index (κ2) is 7.22. The van der Waals surface area contributed by atoms with E-state index in [1.54, 1.807) is 6.08 Å². The number of esters is 1. The summed E-state index contributed by atoms with van der Waals surface area (Å²) in [6, 6.07) is 6.92. The Labute approximate surface area is 136 Å². The number of ether oxygens (including phenoxy) is 1. The van der Waals surface area contributed by atoms with E-state index in [-0.39, 0.29) is 6.54 Å². The normalized spacial score (nSPS) is 15.7. The van der Waals surface area contributed by atoms with Gasteiger partial charge in [-0.2, -0.15) is 0 Å². The van der Waals surface area contributed by atoms with E-state index in [0.717, 1.165) is 14.9 Å². The maximum Gasteiger partial charge on any atom is 0.331 e. The Morgan fingerprint density at radius 1 is 1.45 bits per heavy atom. The molecule has 1 saturated heterocycles. The maximum absolute atomic E-state index is 12.0. The second-order valence-corrected chi connectivity index (χ2v) is 5.60. The number of carbonyl (C=O) groups is 3. The number of nitrogens with one attached hydrogen (secondary N) is 1. The maximum atomic E-state index is 12.0. The fourth-order valence-electron chi connectivity index (χ4n) is 1.94. The largest absolute Gasteiger partial charge is 0.449 e. The van der Waals surface area contributed by atoms with E-state index in [9.17, 15) is 14.4 Å². The average Bonchev–Trinajstić information content (AvgIpc) is 2.90. The lowest BCUT2D eigenvalue weighted by Crippen LogP contribution is -2.41. The molecule has 1 atom stereocenters. The molecule has 1 aliphatic heterocycles. The molecule has 1 fully saturated rings. The van der Waals surface area contributed by atoms with Gasteiger partial charge in [0, 0.05) is 23.6 Å². The predicted octanol–water partition coefficient (Wildman–Crippen LogP) is 1.95. The lowest BCUT2D eigenvalue weighted by atomic mass is 10.2. The van der Waals surface area contributed by atoms with Crippen LogP contribution >= 0.6 is 15.9 Å². The van der Waals surface area contributed by atoms with Crippen LogP contribution < -0.4 is 5.32 Å². The molecule has 0 aromatic heterocycles. The molecule has 1 aliphatic rings. The van der Waals surface area contributed by atoms with E-state index in [1.165, 1.54) is 13.0 Å². The topological polar surface area (TPSA) is 75.7 Å². The molecule has 1 aromatic rings. The van der Waals surface area contributed by atoms with Crippen LogP contribution in [0.5, 0.6) is 0 Å². The third-order valence-corrected chi connectivity index (χ3v) is 3.52. The van der Waals surface area contributed by atoms with Gasteiger partial charge in [-0.25, -0.2) is 9.59 Å². The number of nitrogens with zero attached hydrogens (tertiary/aromatic N) is 1. The van der Waals surface area contributed by atoms with E-state index in [4.69, 9.17) is 4.74 Å². The number of hydrogen-bond acceptors (Lipinski definition) is 4. The van der Waals surface area contributed by atoms with Crippen LogP contribution in [0.15, 0.2) is 34.8 Å². The van der Waals surface area contributed by atoms with Crippen LogP contribution in [0.1, 0.15) is 12.5 Å². The number of benzene rings is 1. The lowest BCUT2D eigenvalue weighted by molar-refractivity contribution is -0.153. The molecule has 6 nitrogen and oxygen atoms in total. The van der Waals surface area contributed by atoms with E-state index in [2.05, 4.69) is 21.2 Å². The first-order chi connectivity index (χ1) is 10.5. The van der Waals surface area contributed by atoms with Crippen molar-refractivity contribution < 1.29 is 19.1 Å². The van der Waals surface area contributed by atoms with Gasteiger partial charge in [-0.05, 0) is 30.7 Å². The molecule has 22 heavy (non-hydrogen) atoms. The molecule has 0 saturated carbocycles. The highest BCUT2D eigenvalue weighted by Gasteiger charge is 2.31. The van der Waals surface area contributed by atoms with Crippen molar-refractivity contribution >= 4 is 39.9 Å². The van der Waals surface area contributed by atoms with Crippen LogP contribution in [0.2, 0.25) is 0 Å². The SMILES string of the molecule is C[C@@H](OC(=O)/C=C/c1cccc(Br)c1)C(=O)N1CCNC1=O.